The number of hydrogen-bond donors (Lipinski definition) is 2. The Morgan fingerprint density at radius 2 is 2.14 bits per heavy atom. The number of hydrogen-bond acceptors (Lipinski definition) is 2. The van der Waals surface area contributed by atoms with Crippen LogP contribution in [0.15, 0.2) is 24.3 Å². The first-order valence-electron chi connectivity index (χ1n) is 7.91. The smallest absolute Gasteiger partial charge is 0.317 e. The van der Waals surface area contributed by atoms with E-state index in [9.17, 15) is 9.59 Å². The number of urea groups is 1. The maximum absolute atomic E-state index is 12.4. The Kier molecular flexibility index (Phi) is 5.81. The molecule has 0 bridgehead atoms. The topological polar surface area (TPSA) is 69.6 Å². The number of carbonyl (C=O) groups is 2. The van der Waals surface area contributed by atoms with Crippen molar-refractivity contribution in [1.29, 1.82) is 0 Å². The summed E-state index contributed by atoms with van der Waals surface area (Å²) in [6.45, 7) is 2.94. The van der Waals surface area contributed by atoms with Gasteiger partial charge in [-0.1, -0.05) is 42.7 Å². The van der Waals surface area contributed by atoms with Gasteiger partial charge in [-0.3, -0.25) is 4.79 Å². The SMILES string of the molecule is Cc1cccc(C2CCCCCN2C(=O)NCCC(=O)O)c1. The largest absolute Gasteiger partial charge is 0.481 e. The van der Waals surface area contributed by atoms with E-state index in [4.69, 9.17) is 5.11 Å². The predicted molar refractivity (Wildman–Crippen MR) is 84.7 cm³/mol. The van der Waals surface area contributed by atoms with Crippen molar-refractivity contribution in [1.82, 2.24) is 10.2 Å². The first-order valence-corrected chi connectivity index (χ1v) is 7.91. The van der Waals surface area contributed by atoms with Crippen molar-refractivity contribution >= 4 is 12.0 Å². The lowest BCUT2D eigenvalue weighted by Gasteiger charge is -2.30. The van der Waals surface area contributed by atoms with Gasteiger partial charge in [0.1, 0.15) is 0 Å². The van der Waals surface area contributed by atoms with Gasteiger partial charge < -0.3 is 15.3 Å². The van der Waals surface area contributed by atoms with Crippen LogP contribution >= 0.6 is 0 Å². The molecule has 0 spiro atoms. The fourth-order valence-corrected chi connectivity index (χ4v) is 2.95. The highest BCUT2D eigenvalue weighted by Crippen LogP contribution is 2.30. The summed E-state index contributed by atoms with van der Waals surface area (Å²) in [6.07, 6.45) is 4.14. The zero-order valence-electron chi connectivity index (χ0n) is 13.0. The summed E-state index contributed by atoms with van der Waals surface area (Å²) >= 11 is 0. The van der Waals surface area contributed by atoms with E-state index in [1.54, 1.807) is 0 Å². The molecular formula is C17H24N2O3. The van der Waals surface area contributed by atoms with Crippen LogP contribution in [0.5, 0.6) is 0 Å². The van der Waals surface area contributed by atoms with E-state index in [1.807, 2.05) is 11.0 Å². The van der Waals surface area contributed by atoms with Gasteiger partial charge in [0.15, 0.2) is 0 Å². The van der Waals surface area contributed by atoms with Crippen molar-refractivity contribution in [2.45, 2.75) is 45.1 Å². The first kappa shape index (κ1) is 16.3. The quantitative estimate of drug-likeness (QED) is 0.898. The molecule has 1 aliphatic heterocycles. The fraction of sp³-hybridized carbons (Fsp3) is 0.529. The lowest BCUT2D eigenvalue weighted by atomic mass is 9.99. The van der Waals surface area contributed by atoms with Crippen molar-refractivity contribution in [3.05, 3.63) is 35.4 Å². The normalized spacial score (nSPS) is 18.6. The van der Waals surface area contributed by atoms with Gasteiger partial charge in [-0.15, -0.1) is 0 Å². The molecule has 1 aromatic carbocycles. The van der Waals surface area contributed by atoms with E-state index in [-0.39, 0.29) is 25.0 Å². The van der Waals surface area contributed by atoms with E-state index in [0.717, 1.165) is 37.8 Å². The van der Waals surface area contributed by atoms with Crippen LogP contribution in [-0.4, -0.2) is 35.1 Å². The van der Waals surface area contributed by atoms with Crippen LogP contribution in [0.4, 0.5) is 4.79 Å². The number of amides is 2. The molecule has 1 saturated heterocycles. The average molecular weight is 304 g/mol. The molecule has 0 saturated carbocycles. The number of aliphatic carboxylic acids is 1. The maximum Gasteiger partial charge on any atom is 0.317 e. The van der Waals surface area contributed by atoms with Gasteiger partial charge in [0.2, 0.25) is 0 Å². The van der Waals surface area contributed by atoms with E-state index in [2.05, 4.69) is 30.4 Å². The average Bonchev–Trinajstić information content (AvgIpc) is 2.72. The number of nitrogens with zero attached hydrogens (tertiary/aromatic N) is 1. The van der Waals surface area contributed by atoms with Crippen LogP contribution in [0.1, 0.15) is 49.3 Å². The minimum atomic E-state index is -0.897. The molecule has 2 N–H and O–H groups in total. The van der Waals surface area contributed by atoms with Crippen LogP contribution in [-0.2, 0) is 4.79 Å². The number of carbonyl (C=O) groups excluding carboxylic acids is 1. The zero-order chi connectivity index (χ0) is 15.9. The summed E-state index contributed by atoms with van der Waals surface area (Å²) in [5.41, 5.74) is 2.35. The van der Waals surface area contributed by atoms with Crippen LogP contribution < -0.4 is 5.32 Å². The second kappa shape index (κ2) is 7.82. The van der Waals surface area contributed by atoms with Crippen molar-refractivity contribution < 1.29 is 14.7 Å². The molecule has 5 nitrogen and oxygen atoms in total. The number of rotatable bonds is 4. The van der Waals surface area contributed by atoms with Gasteiger partial charge in [-0.05, 0) is 25.3 Å². The van der Waals surface area contributed by atoms with Gasteiger partial charge in [-0.2, -0.15) is 0 Å². The molecule has 1 heterocycles. The lowest BCUT2D eigenvalue weighted by Crippen LogP contribution is -2.42. The van der Waals surface area contributed by atoms with Crippen molar-refractivity contribution in [2.24, 2.45) is 0 Å². The van der Waals surface area contributed by atoms with Gasteiger partial charge in [0.25, 0.3) is 0 Å². The Bertz CT molecular complexity index is 530. The summed E-state index contributed by atoms with van der Waals surface area (Å²) in [6, 6.07) is 8.20. The minimum absolute atomic E-state index is 0.0469. The molecular weight excluding hydrogens is 280 g/mol. The standard InChI is InChI=1S/C17H24N2O3/c1-13-6-5-7-14(12-13)15-8-3-2-4-11-19(15)17(22)18-10-9-16(20)21/h5-7,12,15H,2-4,8-11H2,1H3,(H,18,22)(H,20,21). The van der Waals surface area contributed by atoms with E-state index in [0.29, 0.717) is 0 Å². The van der Waals surface area contributed by atoms with Crippen LogP contribution in [0.25, 0.3) is 0 Å². The number of carboxylic acid groups (broad SMARTS) is 1. The number of likely N-dealkylation sites (tertiary alicyclic amines) is 1. The monoisotopic (exact) mass is 304 g/mol. The molecule has 1 unspecified atom stereocenters. The van der Waals surface area contributed by atoms with Crippen molar-refractivity contribution in [2.75, 3.05) is 13.1 Å². The van der Waals surface area contributed by atoms with Gasteiger partial charge in [-0.25, -0.2) is 4.79 Å². The van der Waals surface area contributed by atoms with Gasteiger partial charge in [0, 0.05) is 13.1 Å². The highest BCUT2D eigenvalue weighted by atomic mass is 16.4. The van der Waals surface area contributed by atoms with Crippen molar-refractivity contribution in [3.8, 4) is 0 Å². The van der Waals surface area contributed by atoms with Crippen molar-refractivity contribution in [3.63, 3.8) is 0 Å². The molecule has 22 heavy (non-hydrogen) atoms. The number of aryl methyl sites for hydroxylation is 1. The van der Waals surface area contributed by atoms with Crippen LogP contribution in [0, 0.1) is 6.92 Å². The summed E-state index contributed by atoms with van der Waals surface area (Å²) in [4.78, 5) is 24.9. The Balaban J connectivity index is 2.10. The number of benzene rings is 1. The molecule has 5 heteroatoms. The summed E-state index contributed by atoms with van der Waals surface area (Å²) < 4.78 is 0. The van der Waals surface area contributed by atoms with E-state index in [1.165, 1.54) is 5.56 Å². The van der Waals surface area contributed by atoms with Crippen LogP contribution in [0.3, 0.4) is 0 Å². The second-order valence-corrected chi connectivity index (χ2v) is 5.85. The molecule has 2 rings (SSSR count). The first-order chi connectivity index (χ1) is 10.6. The molecule has 0 aromatic heterocycles. The third-order valence-electron chi connectivity index (χ3n) is 4.06. The highest BCUT2D eigenvalue weighted by molar-refractivity contribution is 5.75. The fourth-order valence-electron chi connectivity index (χ4n) is 2.95. The summed E-state index contributed by atoms with van der Waals surface area (Å²) in [5, 5.41) is 11.4. The zero-order valence-corrected chi connectivity index (χ0v) is 13.0. The Hall–Kier alpha value is -2.04. The Morgan fingerprint density at radius 3 is 2.86 bits per heavy atom. The Labute approximate surface area is 131 Å². The van der Waals surface area contributed by atoms with E-state index < -0.39 is 5.97 Å². The maximum atomic E-state index is 12.4. The van der Waals surface area contributed by atoms with E-state index >= 15 is 0 Å². The predicted octanol–water partition coefficient (Wildman–Crippen LogP) is 3.10. The summed E-state index contributed by atoms with van der Waals surface area (Å²) in [7, 11) is 0. The molecule has 1 aromatic rings. The van der Waals surface area contributed by atoms with Crippen LogP contribution in [0.2, 0.25) is 0 Å². The summed E-state index contributed by atoms with van der Waals surface area (Å²) in [5.74, 6) is -0.897. The molecule has 0 radical (unpaired) electrons. The third-order valence-corrected chi connectivity index (χ3v) is 4.06. The van der Waals surface area contributed by atoms with Gasteiger partial charge >= 0.3 is 12.0 Å². The second-order valence-electron chi connectivity index (χ2n) is 5.85. The molecule has 120 valence electrons. The number of nitrogens with one attached hydrogen (secondary N) is 1. The Morgan fingerprint density at radius 1 is 1.32 bits per heavy atom. The molecule has 1 atom stereocenters. The highest BCUT2D eigenvalue weighted by Gasteiger charge is 2.26. The minimum Gasteiger partial charge on any atom is -0.481 e. The lowest BCUT2D eigenvalue weighted by molar-refractivity contribution is -0.136. The molecule has 1 aliphatic rings. The van der Waals surface area contributed by atoms with Gasteiger partial charge in [0.05, 0.1) is 12.5 Å². The molecule has 1 fully saturated rings. The molecule has 0 aliphatic carbocycles. The third kappa shape index (κ3) is 4.48. The molecule has 2 amide bonds. The number of carboxylic acids is 1.